The number of hydrogen-bond donors (Lipinski definition) is 0. The number of nitrogens with zero attached hydrogens (tertiary/aromatic N) is 6. The first-order chi connectivity index (χ1) is 29.9. The van der Waals surface area contributed by atoms with Crippen LogP contribution in [0.2, 0.25) is 0 Å². The molecule has 4 heterocycles. The molecule has 0 bridgehead atoms. The molecule has 0 aliphatic carbocycles. The van der Waals surface area contributed by atoms with Gasteiger partial charge in [-0.15, -0.1) is 0 Å². The van der Waals surface area contributed by atoms with Crippen LogP contribution in [0.3, 0.4) is 0 Å². The fourth-order valence-electron chi connectivity index (χ4n) is 7.81. The average molecular weight is 825 g/mol. The third-order valence-corrected chi connectivity index (χ3v) is 10.4. The zero-order valence-electron chi connectivity index (χ0n) is 36.1. The minimum Gasteiger partial charge on any atom is -0.496 e. The molecule has 0 aliphatic rings. The largest absolute Gasteiger partial charge is 0.522 e. The van der Waals surface area contributed by atoms with E-state index in [2.05, 4.69) is 75.8 Å². The standard InChI is InChI=1S/C51H48N6O5/c1-50(2,3)45-37(27-25-35(47(45)59-7)33-19-11-9-12-20-33)39-31-43(56(54-39)41-23-15-17-29-52-41)61-49(58)62-44-32-40(55-57(44)42-24-16-18-30-53-42)38-28-26-36(34-21-13-10-14-22-34)48(60-8)46(38)51(4,5)6/h9-32H,1-8H3. The zero-order valence-corrected chi connectivity index (χ0v) is 36.1. The van der Waals surface area contributed by atoms with Crippen LogP contribution >= 0.6 is 0 Å². The number of rotatable bonds is 10. The van der Waals surface area contributed by atoms with Gasteiger partial charge in [-0.2, -0.15) is 19.6 Å². The summed E-state index contributed by atoms with van der Waals surface area (Å²) in [6.45, 7) is 12.8. The average Bonchev–Trinajstić information content (AvgIpc) is 3.90. The molecule has 0 amide bonds. The Morgan fingerprint density at radius 3 is 1.19 bits per heavy atom. The Morgan fingerprint density at radius 1 is 0.484 bits per heavy atom. The van der Waals surface area contributed by atoms with Gasteiger partial charge >= 0.3 is 6.16 Å². The lowest BCUT2D eigenvalue weighted by atomic mass is 9.80. The molecule has 4 aromatic carbocycles. The second-order valence-electron chi connectivity index (χ2n) is 16.8. The van der Waals surface area contributed by atoms with Crippen LogP contribution in [-0.2, 0) is 10.8 Å². The first-order valence-electron chi connectivity index (χ1n) is 20.3. The monoisotopic (exact) mass is 824 g/mol. The summed E-state index contributed by atoms with van der Waals surface area (Å²) < 4.78 is 27.4. The third kappa shape index (κ3) is 8.17. The van der Waals surface area contributed by atoms with Gasteiger partial charge in [0.2, 0.25) is 11.8 Å². The fraction of sp³-hybridized carbons (Fsp3) is 0.196. The lowest BCUT2D eigenvalue weighted by molar-refractivity contribution is 0.145. The number of carbonyl (C=O) groups excluding carboxylic acids is 1. The highest BCUT2D eigenvalue weighted by molar-refractivity contribution is 5.82. The molecule has 0 saturated carbocycles. The molecule has 0 radical (unpaired) electrons. The summed E-state index contributed by atoms with van der Waals surface area (Å²) in [7, 11) is 3.36. The van der Waals surface area contributed by atoms with Crippen LogP contribution < -0.4 is 18.9 Å². The molecule has 0 aliphatic heterocycles. The van der Waals surface area contributed by atoms with Crippen molar-refractivity contribution < 1.29 is 23.7 Å². The second-order valence-corrected chi connectivity index (χ2v) is 16.8. The molecule has 0 atom stereocenters. The zero-order chi connectivity index (χ0) is 43.6. The maximum Gasteiger partial charge on any atom is 0.522 e. The van der Waals surface area contributed by atoms with Crippen molar-refractivity contribution in [1.82, 2.24) is 29.5 Å². The summed E-state index contributed by atoms with van der Waals surface area (Å²) in [5.41, 5.74) is 7.80. The van der Waals surface area contributed by atoms with Crippen LogP contribution in [0.4, 0.5) is 4.79 Å². The van der Waals surface area contributed by atoms with Crippen molar-refractivity contribution in [2.45, 2.75) is 52.4 Å². The molecular formula is C51H48N6O5. The molecule has 11 heteroatoms. The third-order valence-electron chi connectivity index (χ3n) is 10.4. The molecule has 0 saturated heterocycles. The normalized spacial score (nSPS) is 11.6. The molecule has 312 valence electrons. The summed E-state index contributed by atoms with van der Waals surface area (Å²) in [6, 6.07) is 42.6. The Labute approximate surface area is 361 Å². The number of carbonyl (C=O) groups is 1. The number of benzene rings is 4. The van der Waals surface area contributed by atoms with Crippen LogP contribution in [0.25, 0.3) is 56.4 Å². The lowest BCUT2D eigenvalue weighted by Crippen LogP contribution is -2.18. The lowest BCUT2D eigenvalue weighted by Gasteiger charge is -2.27. The number of methoxy groups -OCH3 is 2. The molecule has 4 aromatic heterocycles. The van der Waals surface area contributed by atoms with Gasteiger partial charge < -0.3 is 18.9 Å². The van der Waals surface area contributed by atoms with Crippen LogP contribution in [0.5, 0.6) is 23.3 Å². The maximum absolute atomic E-state index is 14.1. The minimum absolute atomic E-state index is 0.0926. The second kappa shape index (κ2) is 16.8. The summed E-state index contributed by atoms with van der Waals surface area (Å²) >= 11 is 0. The SMILES string of the molecule is COc1c(-c2ccccc2)ccc(-c2cc(OC(=O)Oc3cc(-c4ccc(-c5ccccc5)c(OC)c4C(C)(C)C)nn3-c3ccccn3)n(-c3ccccn3)n2)c1C(C)(C)C. The Balaban J connectivity index is 1.21. The van der Waals surface area contributed by atoms with E-state index in [1.807, 2.05) is 72.8 Å². The molecule has 11 nitrogen and oxygen atoms in total. The molecular weight excluding hydrogens is 777 g/mol. The van der Waals surface area contributed by atoms with Gasteiger partial charge in [0.1, 0.15) is 11.5 Å². The Morgan fingerprint density at radius 2 is 0.855 bits per heavy atom. The van der Waals surface area contributed by atoms with Gasteiger partial charge in [-0.1, -0.05) is 126 Å². The van der Waals surface area contributed by atoms with E-state index in [0.717, 1.165) is 56.0 Å². The fourth-order valence-corrected chi connectivity index (χ4v) is 7.81. The van der Waals surface area contributed by atoms with Crippen LogP contribution in [0, 0.1) is 0 Å². The van der Waals surface area contributed by atoms with Gasteiger partial charge in [0.15, 0.2) is 11.6 Å². The Hall–Kier alpha value is -7.53. The van der Waals surface area contributed by atoms with E-state index < -0.39 is 6.16 Å². The number of ether oxygens (including phenoxy) is 4. The van der Waals surface area contributed by atoms with E-state index in [1.54, 1.807) is 63.0 Å². The maximum atomic E-state index is 14.1. The van der Waals surface area contributed by atoms with E-state index in [-0.39, 0.29) is 22.6 Å². The Bertz CT molecular complexity index is 2650. The van der Waals surface area contributed by atoms with Crippen molar-refractivity contribution in [1.29, 1.82) is 0 Å². The van der Waals surface area contributed by atoms with Crippen molar-refractivity contribution in [3.63, 3.8) is 0 Å². The predicted octanol–water partition coefficient (Wildman–Crippen LogP) is 11.7. The van der Waals surface area contributed by atoms with E-state index in [4.69, 9.17) is 29.1 Å². The molecule has 0 spiro atoms. The van der Waals surface area contributed by atoms with Gasteiger partial charge in [0.25, 0.3) is 0 Å². The summed E-state index contributed by atoms with van der Waals surface area (Å²) in [5.74, 6) is 2.53. The smallest absolute Gasteiger partial charge is 0.496 e. The van der Waals surface area contributed by atoms with E-state index in [9.17, 15) is 4.79 Å². The quantitative estimate of drug-likeness (QED) is 0.124. The summed E-state index contributed by atoms with van der Waals surface area (Å²) in [5, 5.41) is 9.95. The van der Waals surface area contributed by atoms with Gasteiger partial charge in [0, 0.05) is 57.9 Å². The van der Waals surface area contributed by atoms with Crippen molar-refractivity contribution in [2.24, 2.45) is 0 Å². The molecule has 0 unspecified atom stereocenters. The van der Waals surface area contributed by atoms with E-state index >= 15 is 0 Å². The topological polar surface area (TPSA) is 115 Å². The van der Waals surface area contributed by atoms with Gasteiger partial charge in [-0.25, -0.2) is 14.8 Å². The highest BCUT2D eigenvalue weighted by Crippen LogP contribution is 2.47. The first-order valence-corrected chi connectivity index (χ1v) is 20.3. The molecule has 0 fully saturated rings. The van der Waals surface area contributed by atoms with E-state index in [1.165, 1.54) is 9.36 Å². The highest BCUT2D eigenvalue weighted by Gasteiger charge is 2.31. The van der Waals surface area contributed by atoms with Crippen LogP contribution in [-0.4, -0.2) is 49.9 Å². The van der Waals surface area contributed by atoms with Gasteiger partial charge in [0.05, 0.1) is 25.6 Å². The van der Waals surface area contributed by atoms with Gasteiger partial charge in [-0.3, -0.25) is 0 Å². The minimum atomic E-state index is -1.02. The van der Waals surface area contributed by atoms with Crippen molar-refractivity contribution >= 4 is 6.16 Å². The summed E-state index contributed by atoms with van der Waals surface area (Å²) in [4.78, 5) is 23.2. The van der Waals surface area contributed by atoms with Gasteiger partial charge in [-0.05, 0) is 58.4 Å². The number of pyridine rings is 2. The van der Waals surface area contributed by atoms with E-state index in [0.29, 0.717) is 23.0 Å². The molecule has 8 rings (SSSR count). The summed E-state index contributed by atoms with van der Waals surface area (Å²) in [6.07, 6.45) is 2.28. The molecule has 62 heavy (non-hydrogen) atoms. The first kappa shape index (κ1) is 41.2. The highest BCUT2D eigenvalue weighted by atomic mass is 16.7. The Kier molecular flexibility index (Phi) is 11.2. The number of aromatic nitrogens is 6. The van der Waals surface area contributed by atoms with Crippen molar-refractivity contribution in [3.05, 3.63) is 157 Å². The van der Waals surface area contributed by atoms with Crippen LogP contribution in [0.1, 0.15) is 52.7 Å². The van der Waals surface area contributed by atoms with Crippen molar-refractivity contribution in [3.8, 4) is 79.7 Å². The molecule has 0 N–H and O–H groups in total. The van der Waals surface area contributed by atoms with Crippen molar-refractivity contribution in [2.75, 3.05) is 14.2 Å². The predicted molar refractivity (Wildman–Crippen MR) is 242 cm³/mol. The van der Waals surface area contributed by atoms with Crippen LogP contribution in [0.15, 0.2) is 146 Å². The molecule has 8 aromatic rings. The number of hydrogen-bond acceptors (Lipinski definition) is 9.